The van der Waals surface area contributed by atoms with Crippen molar-refractivity contribution in [3.8, 4) is 5.75 Å². The topological polar surface area (TPSA) is 114 Å². The minimum Gasteiger partial charge on any atom is -0.491 e. The van der Waals surface area contributed by atoms with Gasteiger partial charge in [0.1, 0.15) is 18.4 Å². The number of hydrogen-bond donors (Lipinski definition) is 2. The fourth-order valence-corrected chi connectivity index (χ4v) is 3.03. The van der Waals surface area contributed by atoms with Gasteiger partial charge in [0.05, 0.1) is 24.3 Å². The van der Waals surface area contributed by atoms with E-state index in [1.165, 1.54) is 12.1 Å². The molecule has 9 nitrogen and oxygen atoms in total. The van der Waals surface area contributed by atoms with Crippen molar-refractivity contribution in [2.24, 2.45) is 0 Å². The largest absolute Gasteiger partial charge is 0.491 e. The number of piperidine rings is 1. The molecule has 1 atom stereocenters. The van der Waals surface area contributed by atoms with Gasteiger partial charge in [-0.2, -0.15) is 0 Å². The molecule has 152 valence electrons. The second-order valence-electron chi connectivity index (χ2n) is 6.22. The third-order valence-electron chi connectivity index (χ3n) is 4.40. The van der Waals surface area contributed by atoms with Crippen LogP contribution in [-0.2, 0) is 14.3 Å². The molecule has 1 fully saturated rings. The van der Waals surface area contributed by atoms with Crippen LogP contribution in [0.2, 0.25) is 0 Å². The quantitative estimate of drug-likeness (QED) is 0.461. The Labute approximate surface area is 168 Å². The lowest BCUT2D eigenvalue weighted by atomic mass is 10.0. The van der Waals surface area contributed by atoms with Gasteiger partial charge in [-0.25, -0.2) is 0 Å². The molecule has 0 aliphatic carbocycles. The summed E-state index contributed by atoms with van der Waals surface area (Å²) in [7, 11) is 1.83. The number of amides is 4. The minimum absolute atomic E-state index is 0. The van der Waals surface area contributed by atoms with Crippen molar-refractivity contribution in [2.45, 2.75) is 18.9 Å². The van der Waals surface area contributed by atoms with Crippen LogP contribution >= 0.6 is 12.4 Å². The first-order valence-electron chi connectivity index (χ1n) is 8.73. The maximum absolute atomic E-state index is 12.7. The zero-order valence-electron chi connectivity index (χ0n) is 15.4. The van der Waals surface area contributed by atoms with Gasteiger partial charge in [0, 0.05) is 13.0 Å². The van der Waals surface area contributed by atoms with Gasteiger partial charge in [0.25, 0.3) is 11.8 Å². The van der Waals surface area contributed by atoms with Crippen molar-refractivity contribution in [1.82, 2.24) is 15.5 Å². The lowest BCUT2D eigenvalue weighted by Gasteiger charge is -2.27. The summed E-state index contributed by atoms with van der Waals surface area (Å²) in [6, 6.07) is 3.64. The van der Waals surface area contributed by atoms with E-state index >= 15 is 0 Å². The van der Waals surface area contributed by atoms with Crippen molar-refractivity contribution >= 4 is 36.0 Å². The molecule has 2 aliphatic rings. The molecule has 3 rings (SSSR count). The third kappa shape index (κ3) is 4.49. The molecule has 0 radical (unpaired) electrons. The molecular formula is C18H22ClN3O6. The fourth-order valence-electron chi connectivity index (χ4n) is 3.03. The molecule has 2 heterocycles. The molecule has 4 amide bonds. The zero-order chi connectivity index (χ0) is 19.4. The molecule has 0 spiro atoms. The van der Waals surface area contributed by atoms with Crippen molar-refractivity contribution in [3.63, 3.8) is 0 Å². The van der Waals surface area contributed by atoms with Crippen molar-refractivity contribution in [1.29, 1.82) is 0 Å². The van der Waals surface area contributed by atoms with Gasteiger partial charge < -0.3 is 14.8 Å². The van der Waals surface area contributed by atoms with Gasteiger partial charge in [-0.1, -0.05) is 0 Å². The molecule has 1 saturated heterocycles. The smallest absolute Gasteiger partial charge is 0.262 e. The SMILES string of the molecule is CNCCOCCOc1ccc2c(c1)C(=O)N(C1CCC(=O)NC1=O)C2=O.Cl. The first-order chi connectivity index (χ1) is 13.0. The number of fused-ring (bicyclic) bond motifs is 1. The minimum atomic E-state index is -0.972. The van der Waals surface area contributed by atoms with Gasteiger partial charge in [0.2, 0.25) is 11.8 Å². The Morgan fingerprint density at radius 2 is 1.86 bits per heavy atom. The summed E-state index contributed by atoms with van der Waals surface area (Å²) < 4.78 is 10.9. The van der Waals surface area contributed by atoms with E-state index in [0.717, 1.165) is 11.4 Å². The van der Waals surface area contributed by atoms with E-state index < -0.39 is 29.7 Å². The number of nitrogens with zero attached hydrogens (tertiary/aromatic N) is 1. The van der Waals surface area contributed by atoms with Crippen LogP contribution in [0.3, 0.4) is 0 Å². The van der Waals surface area contributed by atoms with Crippen LogP contribution in [0.15, 0.2) is 18.2 Å². The Balaban J connectivity index is 0.00000280. The molecule has 1 aromatic carbocycles. The molecule has 2 aliphatic heterocycles. The first kappa shape index (κ1) is 21.8. The second kappa shape index (κ2) is 9.63. The Hall–Kier alpha value is -2.49. The molecular weight excluding hydrogens is 390 g/mol. The van der Waals surface area contributed by atoms with Crippen LogP contribution in [0.1, 0.15) is 33.6 Å². The van der Waals surface area contributed by atoms with Crippen molar-refractivity contribution in [3.05, 3.63) is 29.3 Å². The van der Waals surface area contributed by atoms with Gasteiger partial charge in [-0.15, -0.1) is 12.4 Å². The summed E-state index contributed by atoms with van der Waals surface area (Å²) in [6.07, 6.45) is 0.217. The standard InChI is InChI=1S/C18H21N3O6.ClH/c1-19-6-7-26-8-9-27-11-2-3-12-13(10-11)18(25)21(17(12)24)14-4-5-15(22)20-16(14)23;/h2-3,10,14,19H,4-9H2,1H3,(H,20,22,23);1H. The van der Waals surface area contributed by atoms with E-state index in [2.05, 4.69) is 10.6 Å². The second-order valence-corrected chi connectivity index (χ2v) is 6.22. The highest BCUT2D eigenvalue weighted by Gasteiger charge is 2.44. The van der Waals surface area contributed by atoms with Crippen LogP contribution in [0, 0.1) is 0 Å². The predicted molar refractivity (Wildman–Crippen MR) is 101 cm³/mol. The predicted octanol–water partition coefficient (Wildman–Crippen LogP) is 0.124. The summed E-state index contributed by atoms with van der Waals surface area (Å²) in [5.41, 5.74) is 0.417. The summed E-state index contributed by atoms with van der Waals surface area (Å²) in [4.78, 5) is 49.5. The van der Waals surface area contributed by atoms with E-state index in [9.17, 15) is 19.2 Å². The lowest BCUT2D eigenvalue weighted by molar-refractivity contribution is -0.136. The van der Waals surface area contributed by atoms with Crippen molar-refractivity contribution in [2.75, 3.05) is 33.4 Å². The number of imide groups is 2. The van der Waals surface area contributed by atoms with E-state index in [1.807, 2.05) is 7.05 Å². The Kier molecular flexibility index (Phi) is 7.50. The maximum atomic E-state index is 12.7. The number of benzene rings is 1. The average molecular weight is 412 g/mol. The van der Waals surface area contributed by atoms with Crippen molar-refractivity contribution < 1.29 is 28.7 Å². The summed E-state index contributed by atoms with van der Waals surface area (Å²) in [6.45, 7) is 2.01. The molecule has 0 bridgehead atoms. The number of carbonyl (C=O) groups is 4. The summed E-state index contributed by atoms with van der Waals surface area (Å²) in [5, 5.41) is 5.13. The zero-order valence-corrected chi connectivity index (χ0v) is 16.2. The van der Waals surface area contributed by atoms with E-state index in [1.54, 1.807) is 6.07 Å². The fraction of sp³-hybridized carbons (Fsp3) is 0.444. The number of likely N-dealkylation sites (N-methyl/N-ethyl adjacent to an activating group) is 1. The highest BCUT2D eigenvalue weighted by atomic mass is 35.5. The monoisotopic (exact) mass is 411 g/mol. The number of carbonyl (C=O) groups excluding carboxylic acids is 4. The molecule has 2 N–H and O–H groups in total. The number of ether oxygens (including phenoxy) is 2. The Morgan fingerprint density at radius 3 is 2.57 bits per heavy atom. The summed E-state index contributed by atoms with van der Waals surface area (Å²) in [5.74, 6) is -1.68. The van der Waals surface area contributed by atoms with Crippen LogP contribution in [0.5, 0.6) is 5.75 Å². The molecule has 0 saturated carbocycles. The van der Waals surface area contributed by atoms with Gasteiger partial charge in [-0.05, 0) is 31.7 Å². The Bertz CT molecular complexity index is 785. The molecule has 28 heavy (non-hydrogen) atoms. The number of halogens is 1. The van der Waals surface area contributed by atoms with Gasteiger partial charge in [-0.3, -0.25) is 29.4 Å². The maximum Gasteiger partial charge on any atom is 0.262 e. The number of hydrogen-bond acceptors (Lipinski definition) is 7. The lowest BCUT2D eigenvalue weighted by Crippen LogP contribution is -2.54. The van der Waals surface area contributed by atoms with E-state index in [-0.39, 0.29) is 36.4 Å². The van der Waals surface area contributed by atoms with Crippen LogP contribution in [0.25, 0.3) is 0 Å². The normalized spacial score (nSPS) is 18.6. The third-order valence-corrected chi connectivity index (χ3v) is 4.40. The first-order valence-corrected chi connectivity index (χ1v) is 8.73. The summed E-state index contributed by atoms with van der Waals surface area (Å²) >= 11 is 0. The number of rotatable bonds is 8. The van der Waals surface area contributed by atoms with Crippen LogP contribution in [-0.4, -0.2) is 68.0 Å². The van der Waals surface area contributed by atoms with Gasteiger partial charge in [0.15, 0.2) is 0 Å². The van der Waals surface area contributed by atoms with E-state index in [4.69, 9.17) is 9.47 Å². The molecule has 10 heteroatoms. The van der Waals surface area contributed by atoms with Gasteiger partial charge >= 0.3 is 0 Å². The number of nitrogens with one attached hydrogen (secondary N) is 2. The average Bonchev–Trinajstić information content (AvgIpc) is 2.89. The highest BCUT2D eigenvalue weighted by molar-refractivity contribution is 6.23. The molecule has 1 aromatic rings. The molecule has 0 aromatic heterocycles. The van der Waals surface area contributed by atoms with Crippen LogP contribution in [0.4, 0.5) is 0 Å². The molecule has 1 unspecified atom stereocenters. The Morgan fingerprint density at radius 1 is 1.11 bits per heavy atom. The van der Waals surface area contributed by atoms with E-state index in [0.29, 0.717) is 25.6 Å². The highest BCUT2D eigenvalue weighted by Crippen LogP contribution is 2.30. The van der Waals surface area contributed by atoms with Crippen LogP contribution < -0.4 is 15.4 Å².